The number of aromatic nitrogens is 1. The van der Waals surface area contributed by atoms with Gasteiger partial charge in [0.1, 0.15) is 5.03 Å². The molecule has 0 amide bonds. The standard InChI is InChI=1S/C10H17NO2S/c1-5-12-8(2)13-9-6-7-11(3)10(9)14-4/h6-8H,5H2,1-4H3/t8-/m1/s1. The molecular weight excluding hydrogens is 198 g/mol. The number of hydrogen-bond acceptors (Lipinski definition) is 3. The van der Waals surface area contributed by atoms with Crippen molar-refractivity contribution in [1.82, 2.24) is 4.57 Å². The maximum absolute atomic E-state index is 5.63. The van der Waals surface area contributed by atoms with Gasteiger partial charge in [0, 0.05) is 19.9 Å². The Hall–Kier alpha value is -0.610. The van der Waals surface area contributed by atoms with Gasteiger partial charge in [0.15, 0.2) is 12.0 Å². The van der Waals surface area contributed by atoms with Crippen LogP contribution >= 0.6 is 11.8 Å². The highest BCUT2D eigenvalue weighted by Gasteiger charge is 2.10. The van der Waals surface area contributed by atoms with E-state index in [0.717, 1.165) is 10.8 Å². The van der Waals surface area contributed by atoms with E-state index in [-0.39, 0.29) is 6.29 Å². The van der Waals surface area contributed by atoms with Crippen molar-refractivity contribution in [1.29, 1.82) is 0 Å². The number of ether oxygens (including phenoxy) is 2. The molecule has 0 spiro atoms. The molecule has 0 fully saturated rings. The molecule has 0 saturated carbocycles. The lowest BCUT2D eigenvalue weighted by Gasteiger charge is -2.14. The van der Waals surface area contributed by atoms with E-state index in [9.17, 15) is 0 Å². The van der Waals surface area contributed by atoms with Crippen LogP contribution in [0.2, 0.25) is 0 Å². The van der Waals surface area contributed by atoms with Crippen molar-refractivity contribution in [2.45, 2.75) is 25.2 Å². The van der Waals surface area contributed by atoms with E-state index in [2.05, 4.69) is 0 Å². The maximum Gasteiger partial charge on any atom is 0.197 e. The first-order valence-electron chi connectivity index (χ1n) is 4.66. The number of aryl methyl sites for hydroxylation is 1. The van der Waals surface area contributed by atoms with Crippen molar-refractivity contribution in [3.05, 3.63) is 12.3 Å². The van der Waals surface area contributed by atoms with Gasteiger partial charge in [-0.2, -0.15) is 0 Å². The molecule has 14 heavy (non-hydrogen) atoms. The SMILES string of the molecule is CCO[C@@H](C)Oc1ccn(C)c1SC. The molecule has 1 rings (SSSR count). The van der Waals surface area contributed by atoms with Gasteiger partial charge in [-0.15, -0.1) is 11.8 Å². The van der Waals surface area contributed by atoms with E-state index in [1.165, 1.54) is 0 Å². The lowest BCUT2D eigenvalue weighted by Crippen LogP contribution is -2.16. The fourth-order valence-corrected chi connectivity index (χ4v) is 1.94. The Balaban J connectivity index is 2.66. The molecule has 80 valence electrons. The molecule has 1 heterocycles. The van der Waals surface area contributed by atoms with E-state index in [1.54, 1.807) is 11.8 Å². The largest absolute Gasteiger partial charge is 0.462 e. The smallest absolute Gasteiger partial charge is 0.197 e. The van der Waals surface area contributed by atoms with Crippen LogP contribution in [0.1, 0.15) is 13.8 Å². The molecule has 3 nitrogen and oxygen atoms in total. The van der Waals surface area contributed by atoms with Crippen molar-refractivity contribution in [3.63, 3.8) is 0 Å². The normalized spacial score (nSPS) is 12.9. The predicted octanol–water partition coefficient (Wildman–Crippen LogP) is 2.51. The summed E-state index contributed by atoms with van der Waals surface area (Å²) in [6.45, 7) is 4.53. The molecule has 4 heteroatoms. The van der Waals surface area contributed by atoms with Crippen molar-refractivity contribution in [3.8, 4) is 5.75 Å². The van der Waals surface area contributed by atoms with Crippen LogP contribution in [0.3, 0.4) is 0 Å². The average Bonchev–Trinajstić information content (AvgIpc) is 2.47. The number of rotatable bonds is 5. The van der Waals surface area contributed by atoms with Crippen molar-refractivity contribution in [2.75, 3.05) is 12.9 Å². The van der Waals surface area contributed by atoms with Gasteiger partial charge in [-0.1, -0.05) is 0 Å². The van der Waals surface area contributed by atoms with E-state index in [4.69, 9.17) is 9.47 Å². The summed E-state index contributed by atoms with van der Waals surface area (Å²) in [5.74, 6) is 0.890. The number of thioether (sulfide) groups is 1. The predicted molar refractivity (Wildman–Crippen MR) is 58.9 cm³/mol. The van der Waals surface area contributed by atoms with Gasteiger partial charge in [0.25, 0.3) is 0 Å². The van der Waals surface area contributed by atoms with E-state index in [1.807, 2.05) is 44.0 Å². The summed E-state index contributed by atoms with van der Waals surface area (Å²) < 4.78 is 13.0. The van der Waals surface area contributed by atoms with Gasteiger partial charge in [-0.05, 0) is 26.2 Å². The van der Waals surface area contributed by atoms with E-state index < -0.39 is 0 Å². The molecule has 0 bridgehead atoms. The van der Waals surface area contributed by atoms with Crippen LogP contribution in [-0.4, -0.2) is 23.7 Å². The second kappa shape index (κ2) is 5.32. The van der Waals surface area contributed by atoms with E-state index in [0.29, 0.717) is 6.61 Å². The minimum atomic E-state index is -0.187. The summed E-state index contributed by atoms with van der Waals surface area (Å²) in [6.07, 6.45) is 3.83. The molecule has 1 aromatic rings. The molecule has 0 aliphatic heterocycles. The monoisotopic (exact) mass is 215 g/mol. The third kappa shape index (κ3) is 2.69. The van der Waals surface area contributed by atoms with Crippen molar-refractivity contribution < 1.29 is 9.47 Å². The fourth-order valence-electron chi connectivity index (χ4n) is 1.27. The van der Waals surface area contributed by atoms with Gasteiger partial charge in [0.2, 0.25) is 0 Å². The zero-order valence-electron chi connectivity index (χ0n) is 9.11. The van der Waals surface area contributed by atoms with Crippen LogP contribution in [0.25, 0.3) is 0 Å². The highest BCUT2D eigenvalue weighted by atomic mass is 32.2. The quantitative estimate of drug-likeness (QED) is 0.557. The van der Waals surface area contributed by atoms with Crippen LogP contribution < -0.4 is 4.74 Å². The first-order valence-corrected chi connectivity index (χ1v) is 5.89. The van der Waals surface area contributed by atoms with Crippen LogP contribution in [-0.2, 0) is 11.8 Å². The summed E-state index contributed by atoms with van der Waals surface area (Å²) in [5.41, 5.74) is 0. The van der Waals surface area contributed by atoms with Gasteiger partial charge < -0.3 is 14.0 Å². The summed E-state index contributed by atoms with van der Waals surface area (Å²) in [7, 11) is 2.00. The molecule has 0 unspecified atom stereocenters. The minimum absolute atomic E-state index is 0.187. The van der Waals surface area contributed by atoms with Gasteiger partial charge in [-0.3, -0.25) is 0 Å². The minimum Gasteiger partial charge on any atom is -0.462 e. The lowest BCUT2D eigenvalue weighted by atomic mass is 10.6. The summed E-state index contributed by atoms with van der Waals surface area (Å²) in [6, 6.07) is 1.96. The van der Waals surface area contributed by atoms with Crippen LogP contribution in [0.15, 0.2) is 17.3 Å². The highest BCUT2D eigenvalue weighted by Crippen LogP contribution is 2.28. The molecular formula is C10H17NO2S. The van der Waals surface area contributed by atoms with Gasteiger partial charge >= 0.3 is 0 Å². The molecule has 1 aromatic heterocycles. The van der Waals surface area contributed by atoms with Gasteiger partial charge in [-0.25, -0.2) is 0 Å². The van der Waals surface area contributed by atoms with Crippen LogP contribution in [0, 0.1) is 0 Å². The first kappa shape index (κ1) is 11.5. The molecule has 0 aliphatic rings. The Labute approximate surface area is 89.4 Å². The third-order valence-corrected chi connectivity index (χ3v) is 2.74. The Morgan fingerprint density at radius 1 is 1.57 bits per heavy atom. The zero-order valence-corrected chi connectivity index (χ0v) is 9.93. The molecule has 0 N–H and O–H groups in total. The Kier molecular flexibility index (Phi) is 4.35. The maximum atomic E-state index is 5.63. The van der Waals surface area contributed by atoms with Gasteiger partial charge in [0.05, 0.1) is 0 Å². The summed E-state index contributed by atoms with van der Waals surface area (Å²) in [4.78, 5) is 0. The van der Waals surface area contributed by atoms with E-state index >= 15 is 0 Å². The highest BCUT2D eigenvalue weighted by molar-refractivity contribution is 7.98. The number of nitrogens with zero attached hydrogens (tertiary/aromatic N) is 1. The van der Waals surface area contributed by atoms with Crippen LogP contribution in [0.4, 0.5) is 0 Å². The topological polar surface area (TPSA) is 23.4 Å². The van der Waals surface area contributed by atoms with Crippen molar-refractivity contribution in [2.24, 2.45) is 7.05 Å². The molecule has 0 aromatic carbocycles. The molecule has 0 saturated heterocycles. The number of hydrogen-bond donors (Lipinski definition) is 0. The zero-order chi connectivity index (χ0) is 10.6. The third-order valence-electron chi connectivity index (χ3n) is 1.87. The Morgan fingerprint density at radius 2 is 2.29 bits per heavy atom. The molecule has 0 aliphatic carbocycles. The second-order valence-electron chi connectivity index (χ2n) is 2.94. The summed E-state index contributed by atoms with van der Waals surface area (Å²) >= 11 is 1.67. The molecule has 0 radical (unpaired) electrons. The average molecular weight is 215 g/mol. The molecule has 1 atom stereocenters. The van der Waals surface area contributed by atoms with Crippen molar-refractivity contribution >= 4 is 11.8 Å². The summed E-state index contributed by atoms with van der Waals surface area (Å²) in [5, 5.41) is 1.12. The Morgan fingerprint density at radius 3 is 2.86 bits per heavy atom. The lowest BCUT2D eigenvalue weighted by molar-refractivity contribution is -0.0628. The first-order chi connectivity index (χ1) is 6.69. The van der Waals surface area contributed by atoms with Crippen LogP contribution in [0.5, 0.6) is 5.75 Å². The second-order valence-corrected chi connectivity index (χ2v) is 3.74. The fraction of sp³-hybridized carbons (Fsp3) is 0.600. The Bertz CT molecular complexity index is 286.